The first-order valence-electron chi connectivity index (χ1n) is 15.7. The Morgan fingerprint density at radius 3 is 1.59 bits per heavy atom. The van der Waals surface area contributed by atoms with Crippen molar-refractivity contribution in [1.29, 1.82) is 0 Å². The van der Waals surface area contributed by atoms with Crippen LogP contribution in [-0.2, 0) is 6.61 Å². The molecule has 0 radical (unpaired) electrons. The summed E-state index contributed by atoms with van der Waals surface area (Å²) < 4.78 is 22.9. The molecule has 0 aliphatic carbocycles. The minimum Gasteiger partial charge on any atom is -0.494 e. The predicted molar refractivity (Wildman–Crippen MR) is 178 cm³/mol. The van der Waals surface area contributed by atoms with Crippen molar-refractivity contribution in [1.82, 2.24) is 0 Å². The molecule has 0 aliphatic rings. The molecule has 0 spiro atoms. The quantitative estimate of drug-likeness (QED) is 0.0611. The third-order valence-corrected chi connectivity index (χ3v) is 7.72. The molecular formula is C37H41BO8. The van der Waals surface area contributed by atoms with Gasteiger partial charge in [-0.2, -0.15) is 0 Å². The smallest absolute Gasteiger partial charge is 0.488 e. The molecule has 0 atom stereocenters. The van der Waals surface area contributed by atoms with E-state index in [1.165, 1.54) is 25.7 Å². The van der Waals surface area contributed by atoms with E-state index in [0.29, 0.717) is 51.6 Å². The molecule has 0 aliphatic heterocycles. The summed E-state index contributed by atoms with van der Waals surface area (Å²) in [6.45, 7) is 6.75. The van der Waals surface area contributed by atoms with Crippen LogP contribution in [0.5, 0.6) is 23.0 Å². The van der Waals surface area contributed by atoms with Crippen LogP contribution in [-0.4, -0.2) is 35.7 Å². The van der Waals surface area contributed by atoms with Crippen molar-refractivity contribution >= 4 is 24.5 Å². The van der Waals surface area contributed by atoms with E-state index in [1.807, 2.05) is 0 Å². The summed E-state index contributed by atoms with van der Waals surface area (Å²) in [4.78, 5) is 25.7. The maximum atomic E-state index is 12.9. The Bertz CT molecular complexity index is 1570. The number of rotatable bonds is 16. The van der Waals surface area contributed by atoms with E-state index in [9.17, 15) is 19.6 Å². The van der Waals surface area contributed by atoms with Crippen LogP contribution in [0.15, 0.2) is 84.9 Å². The maximum Gasteiger partial charge on any atom is 0.488 e. The molecule has 0 unspecified atom stereocenters. The van der Waals surface area contributed by atoms with Crippen molar-refractivity contribution in [3.05, 3.63) is 113 Å². The Kier molecular flexibility index (Phi) is 12.8. The molecule has 4 aromatic carbocycles. The number of hydrogen-bond donors (Lipinski definition) is 2. The summed E-state index contributed by atoms with van der Waals surface area (Å²) in [7, 11) is -1.51. The highest BCUT2D eigenvalue weighted by Gasteiger charge is 2.17. The third-order valence-electron chi connectivity index (χ3n) is 7.72. The second kappa shape index (κ2) is 17.2. The van der Waals surface area contributed by atoms with Crippen LogP contribution in [0.3, 0.4) is 0 Å². The lowest BCUT2D eigenvalue weighted by Crippen LogP contribution is -2.29. The number of ether oxygens (including phenoxy) is 4. The highest BCUT2D eigenvalue weighted by Crippen LogP contribution is 2.30. The molecule has 0 heterocycles. The molecule has 240 valence electrons. The van der Waals surface area contributed by atoms with Crippen LogP contribution in [0.2, 0.25) is 0 Å². The number of esters is 2. The van der Waals surface area contributed by atoms with Gasteiger partial charge >= 0.3 is 19.1 Å². The van der Waals surface area contributed by atoms with Crippen LogP contribution in [0.1, 0.15) is 82.9 Å². The van der Waals surface area contributed by atoms with E-state index in [1.54, 1.807) is 98.8 Å². The van der Waals surface area contributed by atoms with Gasteiger partial charge in [0.15, 0.2) is 0 Å². The van der Waals surface area contributed by atoms with E-state index in [2.05, 4.69) is 6.92 Å². The fourth-order valence-corrected chi connectivity index (χ4v) is 4.71. The molecule has 0 fully saturated rings. The van der Waals surface area contributed by atoms with Gasteiger partial charge in [-0.3, -0.25) is 0 Å². The number of benzene rings is 4. The highest BCUT2D eigenvalue weighted by atomic mass is 16.5. The summed E-state index contributed by atoms with van der Waals surface area (Å²) in [6.07, 6.45) is 7.18. The normalized spacial score (nSPS) is 10.7. The predicted octanol–water partition coefficient (Wildman–Crippen LogP) is 6.74. The lowest BCUT2D eigenvalue weighted by Gasteiger charge is -2.14. The van der Waals surface area contributed by atoms with Crippen LogP contribution in [0, 0.1) is 13.8 Å². The molecule has 4 rings (SSSR count). The van der Waals surface area contributed by atoms with Crippen LogP contribution in [0.25, 0.3) is 0 Å². The molecule has 46 heavy (non-hydrogen) atoms. The third kappa shape index (κ3) is 9.96. The van der Waals surface area contributed by atoms with Crippen molar-refractivity contribution in [3.63, 3.8) is 0 Å². The van der Waals surface area contributed by atoms with Crippen LogP contribution < -0.4 is 24.4 Å². The Hall–Kier alpha value is -4.60. The molecule has 9 heteroatoms. The Balaban J connectivity index is 1.27. The van der Waals surface area contributed by atoms with Crippen LogP contribution in [0.4, 0.5) is 0 Å². The highest BCUT2D eigenvalue weighted by molar-refractivity contribution is 6.58. The average Bonchev–Trinajstić information content (AvgIpc) is 3.07. The van der Waals surface area contributed by atoms with Crippen LogP contribution >= 0.6 is 0 Å². The number of carbonyl (C=O) groups excluding carboxylic acids is 2. The molecule has 0 aromatic heterocycles. The molecule has 4 aromatic rings. The van der Waals surface area contributed by atoms with Crippen molar-refractivity contribution in [2.45, 2.75) is 65.9 Å². The fourth-order valence-electron chi connectivity index (χ4n) is 4.71. The first-order valence-corrected chi connectivity index (χ1v) is 15.7. The van der Waals surface area contributed by atoms with Gasteiger partial charge in [-0.15, -0.1) is 0 Å². The maximum absolute atomic E-state index is 12.9. The summed E-state index contributed by atoms with van der Waals surface area (Å²) >= 11 is 0. The monoisotopic (exact) mass is 624 g/mol. The summed E-state index contributed by atoms with van der Waals surface area (Å²) in [5.41, 5.74) is 3.37. The Labute approximate surface area is 271 Å². The zero-order valence-corrected chi connectivity index (χ0v) is 26.7. The lowest BCUT2D eigenvalue weighted by atomic mass is 9.80. The number of unbranched alkanes of at least 4 members (excludes halogenated alkanes) is 5. The second-order valence-electron chi connectivity index (χ2n) is 11.2. The minimum atomic E-state index is -1.51. The van der Waals surface area contributed by atoms with Gasteiger partial charge in [-0.25, -0.2) is 9.59 Å². The van der Waals surface area contributed by atoms with Gasteiger partial charge in [0.25, 0.3) is 0 Å². The number of carbonyl (C=O) groups is 2. The van der Waals surface area contributed by atoms with E-state index < -0.39 is 19.1 Å². The zero-order chi connectivity index (χ0) is 32.9. The zero-order valence-electron chi connectivity index (χ0n) is 26.7. The van der Waals surface area contributed by atoms with E-state index in [4.69, 9.17) is 18.9 Å². The number of hydrogen-bond acceptors (Lipinski definition) is 8. The molecule has 8 nitrogen and oxygen atoms in total. The molecule has 0 bridgehead atoms. The van der Waals surface area contributed by atoms with E-state index >= 15 is 0 Å². The second-order valence-corrected chi connectivity index (χ2v) is 11.2. The fraction of sp³-hybridized carbons (Fsp3) is 0.297. The minimum absolute atomic E-state index is 0.278. The molecule has 0 saturated carbocycles. The van der Waals surface area contributed by atoms with Crippen molar-refractivity contribution in [2.24, 2.45) is 0 Å². The first kappa shape index (κ1) is 34.3. The van der Waals surface area contributed by atoms with E-state index in [-0.39, 0.29) is 6.61 Å². The van der Waals surface area contributed by atoms with Crippen molar-refractivity contribution in [2.75, 3.05) is 6.61 Å². The van der Waals surface area contributed by atoms with Gasteiger partial charge in [0.2, 0.25) is 0 Å². The van der Waals surface area contributed by atoms with Gasteiger partial charge in [-0.1, -0.05) is 63.3 Å². The van der Waals surface area contributed by atoms with Crippen molar-refractivity contribution in [3.8, 4) is 23.0 Å². The van der Waals surface area contributed by atoms with Crippen molar-refractivity contribution < 1.29 is 38.6 Å². The Morgan fingerprint density at radius 2 is 1.09 bits per heavy atom. The average molecular weight is 625 g/mol. The standard InChI is InChI=1S/C37H41BO8/c1-4-5-6-7-8-9-24-43-32-18-12-29(13-19-32)36(39)45-34-22-23-35(27(3)26(34)2)46-37(40)30-14-20-33(21-15-30)44-25-28-10-16-31(17-11-28)38(41)42/h10-23,41-42H,4-9,24-25H2,1-3H3. The summed E-state index contributed by atoms with van der Waals surface area (Å²) in [5, 5.41) is 18.4. The lowest BCUT2D eigenvalue weighted by molar-refractivity contribution is 0.0717. The molecule has 0 saturated heterocycles. The van der Waals surface area contributed by atoms with E-state index in [0.717, 1.165) is 24.2 Å². The topological polar surface area (TPSA) is 112 Å². The molecule has 2 N–H and O–H groups in total. The van der Waals surface area contributed by atoms with Gasteiger partial charge in [-0.05, 0) is 103 Å². The van der Waals surface area contributed by atoms with Gasteiger partial charge in [0.05, 0.1) is 17.7 Å². The van der Waals surface area contributed by atoms with Gasteiger partial charge in [0.1, 0.15) is 29.6 Å². The SMILES string of the molecule is CCCCCCCCOc1ccc(C(=O)Oc2ccc(OC(=O)c3ccc(OCc4ccc(B(O)O)cc4)cc3)c(C)c2C)cc1. The first-order chi connectivity index (χ1) is 22.2. The van der Waals surface area contributed by atoms with Gasteiger partial charge < -0.3 is 29.0 Å². The summed E-state index contributed by atoms with van der Waals surface area (Å²) in [6, 6.07) is 23.5. The Morgan fingerprint density at radius 1 is 0.609 bits per heavy atom. The molecule has 0 amide bonds. The van der Waals surface area contributed by atoms with Gasteiger partial charge in [0, 0.05) is 0 Å². The molecular weight excluding hydrogens is 583 g/mol. The largest absolute Gasteiger partial charge is 0.494 e. The summed E-state index contributed by atoms with van der Waals surface area (Å²) in [5.74, 6) is 1.02.